The Morgan fingerprint density at radius 2 is 2.20 bits per heavy atom. The first kappa shape index (κ1) is 14.6. The molecule has 0 bridgehead atoms. The molecule has 20 heavy (non-hydrogen) atoms. The number of anilines is 2. The van der Waals surface area contributed by atoms with Crippen LogP contribution in [0, 0.1) is 18.3 Å². The highest BCUT2D eigenvalue weighted by Crippen LogP contribution is 2.30. The summed E-state index contributed by atoms with van der Waals surface area (Å²) in [5.41, 5.74) is 7.26. The fraction of sp³-hybridized carbons (Fsp3) is 0.417. The Kier molecular flexibility index (Phi) is 3.85. The number of hydrogen-bond acceptors (Lipinski definition) is 6. The van der Waals surface area contributed by atoms with Crippen molar-refractivity contribution in [3.05, 3.63) is 17.7 Å². The molecule has 0 radical (unpaired) electrons. The molecular weight excluding hydrogens is 280 g/mol. The van der Waals surface area contributed by atoms with Crippen LogP contribution in [-0.4, -0.2) is 34.2 Å². The van der Waals surface area contributed by atoms with Crippen LogP contribution in [0.25, 0.3) is 0 Å². The molecule has 1 saturated heterocycles. The highest BCUT2D eigenvalue weighted by atomic mass is 32.2. The van der Waals surface area contributed by atoms with E-state index in [0.717, 1.165) is 0 Å². The standard InChI is InChI=1S/C12H16N4O3S/c1-8-11(16-2-3-19-10(6-13)7-16)4-9(14)5-12(8)20(15,17)18/h4-5,10H,2-3,7,14H2,1H3,(H2,15,17,18). The minimum Gasteiger partial charge on any atom is -0.399 e. The van der Waals surface area contributed by atoms with E-state index in [1.54, 1.807) is 13.0 Å². The Bertz CT molecular complexity index is 666. The number of nitriles is 1. The third kappa shape index (κ3) is 2.85. The summed E-state index contributed by atoms with van der Waals surface area (Å²) in [5.74, 6) is 0. The van der Waals surface area contributed by atoms with Crippen LogP contribution in [0.3, 0.4) is 0 Å². The molecular formula is C12H16N4O3S. The van der Waals surface area contributed by atoms with Crippen molar-refractivity contribution < 1.29 is 13.2 Å². The van der Waals surface area contributed by atoms with E-state index in [4.69, 9.17) is 20.9 Å². The normalized spacial score (nSPS) is 19.6. The SMILES string of the molecule is Cc1c(N2CCOC(C#N)C2)cc(N)cc1S(N)(=O)=O. The summed E-state index contributed by atoms with van der Waals surface area (Å²) in [7, 11) is -3.84. The van der Waals surface area contributed by atoms with Gasteiger partial charge < -0.3 is 15.4 Å². The molecule has 1 aliphatic rings. The van der Waals surface area contributed by atoms with Gasteiger partial charge in [0.1, 0.15) is 0 Å². The summed E-state index contributed by atoms with van der Waals surface area (Å²) in [6.07, 6.45) is -0.539. The van der Waals surface area contributed by atoms with Gasteiger partial charge in [-0.25, -0.2) is 13.6 Å². The fourth-order valence-electron chi connectivity index (χ4n) is 2.26. The zero-order valence-electron chi connectivity index (χ0n) is 11.0. The summed E-state index contributed by atoms with van der Waals surface area (Å²) >= 11 is 0. The maximum Gasteiger partial charge on any atom is 0.238 e. The third-order valence-corrected chi connectivity index (χ3v) is 4.25. The Morgan fingerprint density at radius 3 is 2.80 bits per heavy atom. The maximum atomic E-state index is 11.6. The monoisotopic (exact) mass is 296 g/mol. The van der Waals surface area contributed by atoms with E-state index in [0.29, 0.717) is 36.6 Å². The number of nitrogen functional groups attached to an aromatic ring is 1. The highest BCUT2D eigenvalue weighted by molar-refractivity contribution is 7.89. The molecule has 7 nitrogen and oxygen atoms in total. The van der Waals surface area contributed by atoms with Crippen molar-refractivity contribution in [3.63, 3.8) is 0 Å². The van der Waals surface area contributed by atoms with Crippen LogP contribution >= 0.6 is 0 Å². The molecule has 1 atom stereocenters. The van der Waals surface area contributed by atoms with Gasteiger partial charge in [0.25, 0.3) is 0 Å². The van der Waals surface area contributed by atoms with Gasteiger partial charge in [0.2, 0.25) is 10.0 Å². The summed E-state index contributed by atoms with van der Waals surface area (Å²) in [6, 6.07) is 5.07. The Morgan fingerprint density at radius 1 is 1.50 bits per heavy atom. The smallest absolute Gasteiger partial charge is 0.238 e. The molecule has 8 heteroatoms. The van der Waals surface area contributed by atoms with Gasteiger partial charge in [-0.1, -0.05) is 0 Å². The number of nitrogens with two attached hydrogens (primary N) is 2. The van der Waals surface area contributed by atoms with Gasteiger partial charge >= 0.3 is 0 Å². The minimum absolute atomic E-state index is 0.00694. The quantitative estimate of drug-likeness (QED) is 0.738. The van der Waals surface area contributed by atoms with Crippen molar-refractivity contribution >= 4 is 21.4 Å². The first-order chi connectivity index (χ1) is 9.32. The Labute approximate surface area is 117 Å². The van der Waals surface area contributed by atoms with Gasteiger partial charge in [-0.3, -0.25) is 0 Å². The molecule has 1 aromatic rings. The van der Waals surface area contributed by atoms with E-state index in [-0.39, 0.29) is 4.90 Å². The second kappa shape index (κ2) is 5.28. The average molecular weight is 296 g/mol. The number of benzene rings is 1. The van der Waals surface area contributed by atoms with Crippen LogP contribution in [0.5, 0.6) is 0 Å². The molecule has 0 amide bonds. The van der Waals surface area contributed by atoms with E-state index in [1.807, 2.05) is 11.0 Å². The van der Waals surface area contributed by atoms with Gasteiger partial charge in [-0.2, -0.15) is 5.26 Å². The second-order valence-electron chi connectivity index (χ2n) is 4.64. The van der Waals surface area contributed by atoms with Gasteiger partial charge in [0, 0.05) is 17.9 Å². The predicted molar refractivity (Wildman–Crippen MR) is 74.5 cm³/mol. The van der Waals surface area contributed by atoms with E-state index in [2.05, 4.69) is 0 Å². The lowest BCUT2D eigenvalue weighted by atomic mass is 10.1. The van der Waals surface area contributed by atoms with E-state index in [1.165, 1.54) is 6.07 Å². The summed E-state index contributed by atoms with van der Waals surface area (Å²) in [5, 5.41) is 14.1. The van der Waals surface area contributed by atoms with Crippen LogP contribution < -0.4 is 15.8 Å². The molecule has 1 aromatic carbocycles. The number of sulfonamides is 1. The van der Waals surface area contributed by atoms with Crippen LogP contribution in [-0.2, 0) is 14.8 Å². The van der Waals surface area contributed by atoms with E-state index >= 15 is 0 Å². The molecule has 0 spiro atoms. The van der Waals surface area contributed by atoms with Gasteiger partial charge in [-0.05, 0) is 24.6 Å². The van der Waals surface area contributed by atoms with Gasteiger partial charge in [0.05, 0.1) is 24.1 Å². The average Bonchev–Trinajstić information content (AvgIpc) is 2.40. The zero-order valence-corrected chi connectivity index (χ0v) is 11.9. The number of ether oxygens (including phenoxy) is 1. The van der Waals surface area contributed by atoms with Crippen LogP contribution in [0.1, 0.15) is 5.56 Å². The molecule has 0 aliphatic carbocycles. The molecule has 0 saturated carbocycles. The Hall–Kier alpha value is -1.82. The van der Waals surface area contributed by atoms with Crippen molar-refractivity contribution in [2.75, 3.05) is 30.3 Å². The first-order valence-corrected chi connectivity index (χ1v) is 7.56. The van der Waals surface area contributed by atoms with Gasteiger partial charge in [-0.15, -0.1) is 0 Å². The molecule has 2 rings (SSSR count). The Balaban J connectivity index is 2.47. The molecule has 1 aliphatic heterocycles. The van der Waals surface area contributed by atoms with Crippen molar-refractivity contribution in [1.29, 1.82) is 5.26 Å². The number of nitrogens with zero attached hydrogens (tertiary/aromatic N) is 2. The highest BCUT2D eigenvalue weighted by Gasteiger charge is 2.24. The lowest BCUT2D eigenvalue weighted by Gasteiger charge is -2.33. The molecule has 108 valence electrons. The number of hydrogen-bond donors (Lipinski definition) is 2. The number of primary sulfonamides is 1. The number of rotatable bonds is 2. The molecule has 1 heterocycles. The molecule has 1 unspecified atom stereocenters. The summed E-state index contributed by atoms with van der Waals surface area (Å²) < 4.78 is 28.4. The molecule has 0 aromatic heterocycles. The molecule has 4 N–H and O–H groups in total. The van der Waals surface area contributed by atoms with Crippen LogP contribution in [0.2, 0.25) is 0 Å². The summed E-state index contributed by atoms with van der Waals surface area (Å²) in [4.78, 5) is 1.89. The van der Waals surface area contributed by atoms with Crippen molar-refractivity contribution in [1.82, 2.24) is 0 Å². The molecule has 1 fully saturated rings. The van der Waals surface area contributed by atoms with E-state index < -0.39 is 16.1 Å². The number of morpholine rings is 1. The third-order valence-electron chi connectivity index (χ3n) is 3.21. The summed E-state index contributed by atoms with van der Waals surface area (Å²) in [6.45, 7) is 3.00. The largest absolute Gasteiger partial charge is 0.399 e. The zero-order chi connectivity index (χ0) is 14.9. The lowest BCUT2D eigenvalue weighted by Crippen LogP contribution is -2.42. The predicted octanol–water partition coefficient (Wildman–Crippen LogP) is -0.0466. The fourth-order valence-corrected chi connectivity index (χ4v) is 3.10. The van der Waals surface area contributed by atoms with E-state index in [9.17, 15) is 8.42 Å². The van der Waals surface area contributed by atoms with Crippen LogP contribution in [0.4, 0.5) is 11.4 Å². The van der Waals surface area contributed by atoms with Gasteiger partial charge in [0.15, 0.2) is 6.10 Å². The van der Waals surface area contributed by atoms with Crippen molar-refractivity contribution in [2.45, 2.75) is 17.9 Å². The first-order valence-electron chi connectivity index (χ1n) is 6.02. The topological polar surface area (TPSA) is 122 Å². The van der Waals surface area contributed by atoms with Crippen molar-refractivity contribution in [2.24, 2.45) is 5.14 Å². The second-order valence-corrected chi connectivity index (χ2v) is 6.17. The maximum absolute atomic E-state index is 11.6. The minimum atomic E-state index is -3.84. The van der Waals surface area contributed by atoms with Crippen LogP contribution in [0.15, 0.2) is 17.0 Å². The van der Waals surface area contributed by atoms with Crippen molar-refractivity contribution in [3.8, 4) is 6.07 Å². The lowest BCUT2D eigenvalue weighted by molar-refractivity contribution is 0.0764.